The van der Waals surface area contributed by atoms with Crippen molar-refractivity contribution in [2.24, 2.45) is 0 Å². The summed E-state index contributed by atoms with van der Waals surface area (Å²) in [5.41, 5.74) is 2.64. The Bertz CT molecular complexity index is 925. The first-order valence-corrected chi connectivity index (χ1v) is 10.8. The molecule has 2 aromatic rings. The Morgan fingerprint density at radius 3 is 2.23 bits per heavy atom. The standard InChI is InChI=1S/C22H30N6O3/c1-3-20(29)24-16(2)15-23-17-4-5-18-19(14-17)26-22(28-8-12-31-13-9-28)21(25-18)27-6-10-30-11-7-27/h3-5,14,16,23H,1,6-13,15H2,2H3,(H,24,29). The van der Waals surface area contributed by atoms with Crippen LogP contribution >= 0.6 is 0 Å². The summed E-state index contributed by atoms with van der Waals surface area (Å²) in [4.78, 5) is 26.0. The molecule has 0 radical (unpaired) electrons. The lowest BCUT2D eigenvalue weighted by Crippen LogP contribution is -2.41. The quantitative estimate of drug-likeness (QED) is 0.642. The van der Waals surface area contributed by atoms with Gasteiger partial charge in [-0.05, 0) is 31.2 Å². The number of ether oxygens (including phenoxy) is 2. The number of nitrogens with one attached hydrogen (secondary N) is 2. The normalized spacial score (nSPS) is 18.0. The van der Waals surface area contributed by atoms with Gasteiger partial charge < -0.3 is 29.9 Å². The molecule has 1 aromatic heterocycles. The highest BCUT2D eigenvalue weighted by atomic mass is 16.5. The van der Waals surface area contributed by atoms with E-state index in [0.717, 1.165) is 54.5 Å². The van der Waals surface area contributed by atoms with Gasteiger partial charge in [0.15, 0.2) is 11.6 Å². The summed E-state index contributed by atoms with van der Waals surface area (Å²) in [5, 5.41) is 6.22. The Morgan fingerprint density at radius 2 is 1.65 bits per heavy atom. The minimum Gasteiger partial charge on any atom is -0.383 e. The van der Waals surface area contributed by atoms with Crippen LogP contribution < -0.4 is 20.4 Å². The average molecular weight is 427 g/mol. The fraction of sp³-hybridized carbons (Fsp3) is 0.500. The largest absolute Gasteiger partial charge is 0.383 e. The predicted octanol–water partition coefficient (Wildman–Crippen LogP) is 1.41. The van der Waals surface area contributed by atoms with Crippen LogP contribution in [0.25, 0.3) is 11.0 Å². The monoisotopic (exact) mass is 426 g/mol. The van der Waals surface area contributed by atoms with E-state index in [2.05, 4.69) is 27.0 Å². The van der Waals surface area contributed by atoms with Crippen LogP contribution in [0.3, 0.4) is 0 Å². The Labute approximate surface area is 182 Å². The van der Waals surface area contributed by atoms with Crippen LogP contribution in [0.1, 0.15) is 6.92 Å². The zero-order valence-corrected chi connectivity index (χ0v) is 18.0. The summed E-state index contributed by atoms with van der Waals surface area (Å²) in [7, 11) is 0. The number of morpholine rings is 2. The third kappa shape index (κ3) is 5.23. The number of amides is 1. The molecule has 1 unspecified atom stereocenters. The first-order valence-electron chi connectivity index (χ1n) is 10.8. The van der Waals surface area contributed by atoms with Crippen molar-refractivity contribution < 1.29 is 14.3 Å². The van der Waals surface area contributed by atoms with Crippen LogP contribution in [0.4, 0.5) is 17.3 Å². The van der Waals surface area contributed by atoms with Crippen LogP contribution in [-0.2, 0) is 14.3 Å². The molecule has 0 saturated carbocycles. The van der Waals surface area contributed by atoms with E-state index in [1.807, 2.05) is 25.1 Å². The highest BCUT2D eigenvalue weighted by Crippen LogP contribution is 2.30. The Balaban J connectivity index is 1.59. The Morgan fingerprint density at radius 1 is 1.06 bits per heavy atom. The third-order valence-electron chi connectivity index (χ3n) is 5.44. The lowest BCUT2D eigenvalue weighted by atomic mass is 10.2. The molecule has 9 nitrogen and oxygen atoms in total. The maximum absolute atomic E-state index is 11.5. The van der Waals surface area contributed by atoms with Crippen molar-refractivity contribution in [1.82, 2.24) is 15.3 Å². The number of aromatic nitrogens is 2. The molecule has 1 atom stereocenters. The van der Waals surface area contributed by atoms with Gasteiger partial charge in [-0.3, -0.25) is 4.79 Å². The molecule has 3 heterocycles. The van der Waals surface area contributed by atoms with Crippen LogP contribution in [0.5, 0.6) is 0 Å². The van der Waals surface area contributed by atoms with E-state index in [0.29, 0.717) is 33.0 Å². The molecule has 0 spiro atoms. The molecule has 0 aliphatic carbocycles. The summed E-state index contributed by atoms with van der Waals surface area (Å²) in [6, 6.07) is 5.97. The highest BCUT2D eigenvalue weighted by Gasteiger charge is 2.24. The van der Waals surface area contributed by atoms with Gasteiger partial charge in [0, 0.05) is 44.5 Å². The molecular formula is C22H30N6O3. The lowest BCUT2D eigenvalue weighted by molar-refractivity contribution is -0.116. The Kier molecular flexibility index (Phi) is 6.83. The van der Waals surface area contributed by atoms with Crippen molar-refractivity contribution in [3.63, 3.8) is 0 Å². The van der Waals surface area contributed by atoms with Gasteiger partial charge in [-0.15, -0.1) is 0 Å². The van der Waals surface area contributed by atoms with Gasteiger partial charge in [0.1, 0.15) is 0 Å². The van der Waals surface area contributed by atoms with Gasteiger partial charge in [-0.2, -0.15) is 0 Å². The van der Waals surface area contributed by atoms with Gasteiger partial charge in [-0.25, -0.2) is 9.97 Å². The van der Waals surface area contributed by atoms with Crippen LogP contribution in [0.2, 0.25) is 0 Å². The molecular weight excluding hydrogens is 396 g/mol. The van der Waals surface area contributed by atoms with Gasteiger partial charge in [-0.1, -0.05) is 6.58 Å². The van der Waals surface area contributed by atoms with E-state index >= 15 is 0 Å². The van der Waals surface area contributed by atoms with Crippen LogP contribution in [0, 0.1) is 0 Å². The van der Waals surface area contributed by atoms with E-state index in [1.165, 1.54) is 6.08 Å². The second kappa shape index (κ2) is 9.93. The second-order valence-electron chi connectivity index (χ2n) is 7.77. The zero-order chi connectivity index (χ0) is 21.6. The molecule has 31 heavy (non-hydrogen) atoms. The van der Waals surface area contributed by atoms with Crippen molar-refractivity contribution >= 4 is 34.3 Å². The number of benzene rings is 1. The highest BCUT2D eigenvalue weighted by molar-refractivity contribution is 5.87. The fourth-order valence-electron chi connectivity index (χ4n) is 3.74. The molecule has 1 aromatic carbocycles. The van der Waals surface area contributed by atoms with Gasteiger partial charge >= 0.3 is 0 Å². The van der Waals surface area contributed by atoms with Crippen LogP contribution in [0.15, 0.2) is 30.9 Å². The lowest BCUT2D eigenvalue weighted by Gasteiger charge is -2.34. The first kappa shape index (κ1) is 21.3. The number of carbonyl (C=O) groups is 1. The van der Waals surface area contributed by atoms with Crippen molar-refractivity contribution in [3.05, 3.63) is 30.9 Å². The number of hydrogen-bond donors (Lipinski definition) is 2. The molecule has 2 N–H and O–H groups in total. The summed E-state index contributed by atoms with van der Waals surface area (Å²) < 4.78 is 11.1. The number of carbonyl (C=O) groups excluding carboxylic acids is 1. The number of fused-ring (bicyclic) bond motifs is 1. The zero-order valence-electron chi connectivity index (χ0n) is 18.0. The van der Waals surface area contributed by atoms with E-state index in [9.17, 15) is 4.79 Å². The molecule has 1 amide bonds. The maximum Gasteiger partial charge on any atom is 0.243 e. The first-order chi connectivity index (χ1) is 15.1. The number of nitrogens with zero attached hydrogens (tertiary/aromatic N) is 4. The van der Waals surface area contributed by atoms with Gasteiger partial charge in [0.25, 0.3) is 0 Å². The van der Waals surface area contributed by atoms with Crippen molar-refractivity contribution in [1.29, 1.82) is 0 Å². The van der Waals surface area contributed by atoms with E-state index < -0.39 is 0 Å². The minimum atomic E-state index is -0.176. The Hall–Kier alpha value is -2.91. The minimum absolute atomic E-state index is 0.0279. The molecule has 2 aliphatic rings. The summed E-state index contributed by atoms with van der Waals surface area (Å²) in [6.07, 6.45) is 1.28. The predicted molar refractivity (Wildman–Crippen MR) is 122 cm³/mol. The van der Waals surface area contributed by atoms with Crippen molar-refractivity contribution in [2.45, 2.75) is 13.0 Å². The van der Waals surface area contributed by atoms with E-state index in [1.54, 1.807) is 0 Å². The fourth-order valence-corrected chi connectivity index (χ4v) is 3.74. The molecule has 166 valence electrons. The molecule has 2 aliphatic heterocycles. The topological polar surface area (TPSA) is 91.9 Å². The van der Waals surface area contributed by atoms with Crippen LogP contribution in [-0.4, -0.2) is 81.1 Å². The molecule has 2 saturated heterocycles. The molecule has 0 bridgehead atoms. The summed E-state index contributed by atoms with van der Waals surface area (Å²) in [5.74, 6) is 1.64. The maximum atomic E-state index is 11.5. The summed E-state index contributed by atoms with van der Waals surface area (Å²) >= 11 is 0. The van der Waals surface area contributed by atoms with E-state index in [-0.39, 0.29) is 11.9 Å². The molecule has 4 rings (SSSR count). The third-order valence-corrected chi connectivity index (χ3v) is 5.44. The molecule has 2 fully saturated rings. The SMILES string of the molecule is C=CC(=O)NC(C)CNc1ccc2nc(N3CCOCC3)c(N3CCOCC3)nc2c1. The molecule has 9 heteroatoms. The van der Waals surface area contributed by atoms with E-state index in [4.69, 9.17) is 19.4 Å². The van der Waals surface area contributed by atoms with Gasteiger partial charge in [0.2, 0.25) is 5.91 Å². The smallest absolute Gasteiger partial charge is 0.243 e. The van der Waals surface area contributed by atoms with Crippen molar-refractivity contribution in [2.75, 3.05) is 74.3 Å². The summed E-state index contributed by atoms with van der Waals surface area (Å²) in [6.45, 7) is 12.0. The number of rotatable bonds is 7. The second-order valence-corrected chi connectivity index (χ2v) is 7.77. The van der Waals surface area contributed by atoms with Crippen molar-refractivity contribution in [3.8, 4) is 0 Å². The van der Waals surface area contributed by atoms with Gasteiger partial charge in [0.05, 0.1) is 37.5 Å². The average Bonchev–Trinajstić information content (AvgIpc) is 2.82. The number of anilines is 3. The number of hydrogen-bond acceptors (Lipinski definition) is 8.